The van der Waals surface area contributed by atoms with E-state index in [1.165, 1.54) is 22.8 Å². The molecular formula is C31H28ClN3O8S. The van der Waals surface area contributed by atoms with Gasteiger partial charge in [0.15, 0.2) is 16.3 Å². The molecule has 5 rings (SSSR count). The van der Waals surface area contributed by atoms with Crippen molar-refractivity contribution in [3.05, 3.63) is 106 Å². The smallest absolute Gasteiger partial charge is 0.338 e. The summed E-state index contributed by atoms with van der Waals surface area (Å²) >= 11 is 7.43. The van der Waals surface area contributed by atoms with Crippen LogP contribution in [0.15, 0.2) is 74.0 Å². The topological polar surface area (TPSA) is 135 Å². The van der Waals surface area contributed by atoms with Gasteiger partial charge in [-0.3, -0.25) is 19.5 Å². The number of nitro groups is 1. The van der Waals surface area contributed by atoms with E-state index in [0.29, 0.717) is 62.4 Å². The Balaban J connectivity index is 1.64. The van der Waals surface area contributed by atoms with Crippen molar-refractivity contribution in [3.63, 3.8) is 0 Å². The first-order chi connectivity index (χ1) is 21.2. The Morgan fingerprint density at radius 1 is 1.09 bits per heavy atom. The highest BCUT2D eigenvalue weighted by Crippen LogP contribution is 2.37. The van der Waals surface area contributed by atoms with Gasteiger partial charge in [-0.2, -0.15) is 0 Å². The molecule has 0 aliphatic carbocycles. The number of non-ortho nitro benzene ring substituents is 1. The molecule has 2 aromatic heterocycles. The van der Waals surface area contributed by atoms with E-state index in [0.717, 1.165) is 11.3 Å². The van der Waals surface area contributed by atoms with Crippen LogP contribution in [0.3, 0.4) is 0 Å². The number of aromatic nitrogens is 1. The Morgan fingerprint density at radius 3 is 2.55 bits per heavy atom. The quantitative estimate of drug-likeness (QED) is 0.128. The molecule has 0 radical (unpaired) electrons. The van der Waals surface area contributed by atoms with E-state index < -0.39 is 22.5 Å². The number of hydrogen-bond acceptors (Lipinski definition) is 10. The van der Waals surface area contributed by atoms with Crippen molar-refractivity contribution >= 4 is 40.7 Å². The number of furan rings is 1. The van der Waals surface area contributed by atoms with Crippen molar-refractivity contribution in [1.82, 2.24) is 4.57 Å². The number of nitro benzene ring substituents is 1. The first kappa shape index (κ1) is 30.8. The number of fused-ring (bicyclic) bond motifs is 1. The fourth-order valence-corrected chi connectivity index (χ4v) is 6.10. The maximum atomic E-state index is 14.0. The minimum Gasteiger partial charge on any atom is -0.490 e. The molecule has 0 saturated carbocycles. The van der Waals surface area contributed by atoms with Crippen molar-refractivity contribution in [2.24, 2.45) is 4.99 Å². The summed E-state index contributed by atoms with van der Waals surface area (Å²) < 4.78 is 24.6. The fraction of sp³-hybridized carbons (Fsp3) is 0.258. The lowest BCUT2D eigenvalue weighted by atomic mass is 9.95. The van der Waals surface area contributed by atoms with Crippen molar-refractivity contribution in [2.45, 2.75) is 33.7 Å². The summed E-state index contributed by atoms with van der Waals surface area (Å²) in [6, 6.07) is 11.8. The summed E-state index contributed by atoms with van der Waals surface area (Å²) in [6.45, 7) is 8.11. The number of rotatable bonds is 10. The summed E-state index contributed by atoms with van der Waals surface area (Å²) in [4.78, 5) is 42.9. The van der Waals surface area contributed by atoms with Crippen LogP contribution in [-0.4, -0.2) is 35.3 Å². The standard InChI is InChI=1S/C31H28ClN3O8S/c1-5-40-24-12-8-18(14-25(24)41-6-2)28-27(30(37)42-7-3)17(4)33-31-34(28)29(36)26(44-31)16-20-10-13-23(43-20)21-15-19(35(38)39)9-11-22(21)32/h8-16,28H,5-7H2,1-4H3/b26-16-/t28-/m1/s1. The third-order valence-electron chi connectivity index (χ3n) is 6.73. The van der Waals surface area contributed by atoms with Gasteiger partial charge in [0, 0.05) is 23.8 Å². The number of nitrogens with zero attached hydrogens (tertiary/aromatic N) is 3. The molecule has 0 fully saturated rings. The highest BCUT2D eigenvalue weighted by Gasteiger charge is 2.34. The number of benzene rings is 2. The first-order valence-electron chi connectivity index (χ1n) is 13.8. The SMILES string of the molecule is CCOC(=O)C1=C(C)N=c2s/c(=C\c3ccc(-c4cc([N+](=O)[O-])ccc4Cl)o3)c(=O)n2[C@@H]1c1ccc(OCC)c(OCC)c1. The average Bonchev–Trinajstić information content (AvgIpc) is 3.57. The largest absolute Gasteiger partial charge is 0.490 e. The molecule has 0 unspecified atom stereocenters. The summed E-state index contributed by atoms with van der Waals surface area (Å²) in [7, 11) is 0. The molecule has 1 aliphatic heterocycles. The molecule has 4 aromatic rings. The Hall–Kier alpha value is -4.68. The van der Waals surface area contributed by atoms with Gasteiger partial charge in [0.25, 0.3) is 11.2 Å². The van der Waals surface area contributed by atoms with Crippen molar-refractivity contribution in [1.29, 1.82) is 0 Å². The van der Waals surface area contributed by atoms with Gasteiger partial charge in [0.05, 0.1) is 51.6 Å². The maximum Gasteiger partial charge on any atom is 0.338 e. The second kappa shape index (κ2) is 12.9. The molecule has 3 heterocycles. The normalized spacial score (nSPS) is 14.7. The van der Waals surface area contributed by atoms with Crippen LogP contribution >= 0.6 is 22.9 Å². The van der Waals surface area contributed by atoms with Gasteiger partial charge in [-0.05, 0) is 63.6 Å². The average molecular weight is 638 g/mol. The molecule has 13 heteroatoms. The number of allylic oxidation sites excluding steroid dienone is 1. The number of esters is 1. The van der Waals surface area contributed by atoms with Gasteiger partial charge in [-0.1, -0.05) is 29.0 Å². The number of carbonyl (C=O) groups excluding carboxylic acids is 1. The Labute approximate surface area is 260 Å². The lowest BCUT2D eigenvalue weighted by Gasteiger charge is -2.25. The molecule has 0 saturated heterocycles. The summed E-state index contributed by atoms with van der Waals surface area (Å²) in [5.41, 5.74) is 1.09. The minimum atomic E-state index is -0.849. The van der Waals surface area contributed by atoms with Gasteiger partial charge in [-0.25, -0.2) is 9.79 Å². The molecule has 0 spiro atoms. The Kier molecular flexibility index (Phi) is 9.02. The van der Waals surface area contributed by atoms with Crippen LogP contribution in [0.25, 0.3) is 17.4 Å². The van der Waals surface area contributed by atoms with E-state index in [1.807, 2.05) is 13.8 Å². The van der Waals surface area contributed by atoms with Gasteiger partial charge < -0.3 is 18.6 Å². The van der Waals surface area contributed by atoms with Crippen LogP contribution in [0.2, 0.25) is 5.02 Å². The summed E-state index contributed by atoms with van der Waals surface area (Å²) in [6.07, 6.45) is 1.56. The number of carbonyl (C=O) groups is 1. The van der Waals surface area contributed by atoms with Crippen LogP contribution in [0.5, 0.6) is 11.5 Å². The second-order valence-electron chi connectivity index (χ2n) is 9.50. The predicted molar refractivity (Wildman–Crippen MR) is 165 cm³/mol. The minimum absolute atomic E-state index is 0.134. The zero-order chi connectivity index (χ0) is 31.5. The van der Waals surface area contributed by atoms with Crippen molar-refractivity contribution in [3.8, 4) is 22.8 Å². The second-order valence-corrected chi connectivity index (χ2v) is 10.9. The van der Waals surface area contributed by atoms with Crippen LogP contribution in [0.1, 0.15) is 45.1 Å². The van der Waals surface area contributed by atoms with E-state index in [-0.39, 0.29) is 22.9 Å². The number of hydrogen-bond donors (Lipinski definition) is 0. The van der Waals surface area contributed by atoms with Crippen LogP contribution in [0, 0.1) is 10.1 Å². The molecule has 11 nitrogen and oxygen atoms in total. The van der Waals surface area contributed by atoms with Crippen LogP contribution in [0.4, 0.5) is 5.69 Å². The molecule has 228 valence electrons. The molecular weight excluding hydrogens is 610 g/mol. The van der Waals surface area contributed by atoms with Crippen LogP contribution < -0.4 is 24.4 Å². The van der Waals surface area contributed by atoms with E-state index in [9.17, 15) is 19.7 Å². The fourth-order valence-electron chi connectivity index (χ4n) is 4.86. The third kappa shape index (κ3) is 5.90. The third-order valence-corrected chi connectivity index (χ3v) is 8.04. The van der Waals surface area contributed by atoms with E-state index in [2.05, 4.69) is 4.99 Å². The van der Waals surface area contributed by atoms with E-state index in [4.69, 9.17) is 30.2 Å². The van der Waals surface area contributed by atoms with Gasteiger partial charge in [-0.15, -0.1) is 0 Å². The van der Waals surface area contributed by atoms with E-state index in [1.54, 1.807) is 50.3 Å². The molecule has 2 aromatic carbocycles. The lowest BCUT2D eigenvalue weighted by molar-refractivity contribution is -0.384. The Bertz CT molecular complexity index is 1970. The summed E-state index contributed by atoms with van der Waals surface area (Å²) in [5.74, 6) is 1.07. The number of ether oxygens (including phenoxy) is 3. The highest BCUT2D eigenvalue weighted by molar-refractivity contribution is 7.07. The molecule has 44 heavy (non-hydrogen) atoms. The monoisotopic (exact) mass is 637 g/mol. The Morgan fingerprint density at radius 2 is 1.84 bits per heavy atom. The predicted octanol–water partition coefficient (Wildman–Crippen LogP) is 5.42. The number of thiazole rings is 1. The van der Waals surface area contributed by atoms with Crippen molar-refractivity contribution < 1.29 is 28.3 Å². The van der Waals surface area contributed by atoms with Gasteiger partial charge in [0.1, 0.15) is 11.5 Å². The van der Waals surface area contributed by atoms with Gasteiger partial charge in [0.2, 0.25) is 0 Å². The first-order valence-corrected chi connectivity index (χ1v) is 15.0. The molecule has 1 atom stereocenters. The number of halogens is 1. The van der Waals surface area contributed by atoms with Crippen molar-refractivity contribution in [2.75, 3.05) is 19.8 Å². The zero-order valence-electron chi connectivity index (χ0n) is 24.3. The van der Waals surface area contributed by atoms with Crippen LogP contribution in [-0.2, 0) is 9.53 Å². The van der Waals surface area contributed by atoms with Gasteiger partial charge >= 0.3 is 5.97 Å². The molecule has 1 aliphatic rings. The van der Waals surface area contributed by atoms with E-state index >= 15 is 0 Å². The molecule has 0 bridgehead atoms. The maximum absolute atomic E-state index is 14.0. The zero-order valence-corrected chi connectivity index (χ0v) is 25.9. The summed E-state index contributed by atoms with van der Waals surface area (Å²) in [5, 5.41) is 11.5. The lowest BCUT2D eigenvalue weighted by Crippen LogP contribution is -2.40. The highest BCUT2D eigenvalue weighted by atomic mass is 35.5. The molecule has 0 amide bonds. The molecule has 0 N–H and O–H groups in total.